The lowest BCUT2D eigenvalue weighted by atomic mass is 10.0. The molecule has 0 aliphatic heterocycles. The molecule has 0 amide bonds. The van der Waals surface area contributed by atoms with E-state index in [0.29, 0.717) is 19.3 Å². The lowest BCUT2D eigenvalue weighted by Gasteiger charge is -2.18. The molecule has 0 saturated heterocycles. The molecule has 6 heteroatoms. The van der Waals surface area contributed by atoms with Crippen molar-refractivity contribution in [1.29, 1.82) is 0 Å². The quantitative estimate of drug-likeness (QED) is 0.0262. The summed E-state index contributed by atoms with van der Waals surface area (Å²) in [5.74, 6) is -0.927. The molecule has 0 aromatic rings. The number of unbranched alkanes of at least 4 members (excludes halogenated alkanes) is 28. The van der Waals surface area contributed by atoms with Gasteiger partial charge in [-0.25, -0.2) is 0 Å². The van der Waals surface area contributed by atoms with Gasteiger partial charge < -0.3 is 14.2 Å². The summed E-state index contributed by atoms with van der Waals surface area (Å²) in [6, 6.07) is 0. The molecule has 0 spiro atoms. The molecule has 1 atom stereocenters. The fourth-order valence-electron chi connectivity index (χ4n) is 7.66. The monoisotopic (exact) mass is 895 g/mol. The molecular weight excluding hydrogens is 793 g/mol. The van der Waals surface area contributed by atoms with E-state index in [1.807, 2.05) is 0 Å². The van der Waals surface area contributed by atoms with Crippen molar-refractivity contribution in [2.24, 2.45) is 0 Å². The van der Waals surface area contributed by atoms with Crippen molar-refractivity contribution in [2.45, 2.75) is 277 Å². The summed E-state index contributed by atoms with van der Waals surface area (Å²) in [5.41, 5.74) is 0. The smallest absolute Gasteiger partial charge is 0.306 e. The molecule has 0 radical (unpaired) electrons. The molecule has 64 heavy (non-hydrogen) atoms. The van der Waals surface area contributed by atoms with Crippen LogP contribution in [0.4, 0.5) is 0 Å². The fraction of sp³-hybridized carbons (Fsp3) is 0.776. The molecular formula is C58H102O6. The van der Waals surface area contributed by atoms with Crippen LogP contribution in [-0.4, -0.2) is 37.2 Å². The van der Waals surface area contributed by atoms with Crippen molar-refractivity contribution in [3.63, 3.8) is 0 Å². The Balaban J connectivity index is 4.38. The van der Waals surface area contributed by atoms with Gasteiger partial charge >= 0.3 is 17.9 Å². The van der Waals surface area contributed by atoms with Gasteiger partial charge in [0.2, 0.25) is 0 Å². The zero-order valence-corrected chi connectivity index (χ0v) is 42.3. The van der Waals surface area contributed by atoms with Crippen molar-refractivity contribution in [3.8, 4) is 0 Å². The average Bonchev–Trinajstić information content (AvgIpc) is 3.29. The zero-order valence-electron chi connectivity index (χ0n) is 42.3. The maximum Gasteiger partial charge on any atom is 0.306 e. The summed E-state index contributed by atoms with van der Waals surface area (Å²) < 4.78 is 16.8. The Morgan fingerprint density at radius 2 is 0.609 bits per heavy atom. The summed E-state index contributed by atoms with van der Waals surface area (Å²) in [6.07, 6.45) is 65.0. The number of carbonyl (C=O) groups is 3. The normalized spacial score (nSPS) is 12.5. The molecule has 370 valence electrons. The average molecular weight is 895 g/mol. The van der Waals surface area contributed by atoms with Crippen LogP contribution < -0.4 is 0 Å². The Kier molecular flexibility index (Phi) is 50.4. The summed E-state index contributed by atoms with van der Waals surface area (Å²) >= 11 is 0. The molecule has 0 N–H and O–H groups in total. The Morgan fingerprint density at radius 3 is 1.02 bits per heavy atom. The van der Waals surface area contributed by atoms with Gasteiger partial charge in [0.25, 0.3) is 0 Å². The van der Waals surface area contributed by atoms with Gasteiger partial charge in [0.15, 0.2) is 6.10 Å². The van der Waals surface area contributed by atoms with E-state index in [-0.39, 0.29) is 31.1 Å². The molecule has 0 heterocycles. The van der Waals surface area contributed by atoms with E-state index in [1.54, 1.807) is 0 Å². The highest BCUT2D eigenvalue weighted by Crippen LogP contribution is 2.16. The SMILES string of the molecule is CC/C=C\C/C=C\C/C=C\CCCCC(=O)OCC(COC(=O)CCCCCCCCC/C=C\C/C=C\CCCCC)OC(=O)CCCCCCCCCCCCCCCCCCC. The molecule has 1 unspecified atom stereocenters. The first-order valence-corrected chi connectivity index (χ1v) is 27.3. The second-order valence-corrected chi connectivity index (χ2v) is 18.1. The van der Waals surface area contributed by atoms with Crippen LogP contribution in [-0.2, 0) is 28.6 Å². The van der Waals surface area contributed by atoms with E-state index in [9.17, 15) is 14.4 Å². The van der Waals surface area contributed by atoms with Crippen LogP contribution in [0, 0.1) is 0 Å². The number of ether oxygens (including phenoxy) is 3. The summed E-state index contributed by atoms with van der Waals surface area (Å²) in [7, 11) is 0. The van der Waals surface area contributed by atoms with Crippen molar-refractivity contribution in [3.05, 3.63) is 60.8 Å². The van der Waals surface area contributed by atoms with Crippen molar-refractivity contribution >= 4 is 17.9 Å². The van der Waals surface area contributed by atoms with Crippen LogP contribution in [0.2, 0.25) is 0 Å². The van der Waals surface area contributed by atoms with Crippen LogP contribution in [0.1, 0.15) is 271 Å². The van der Waals surface area contributed by atoms with E-state index < -0.39 is 6.10 Å². The van der Waals surface area contributed by atoms with Gasteiger partial charge in [0.05, 0.1) is 0 Å². The van der Waals surface area contributed by atoms with E-state index in [1.165, 1.54) is 141 Å². The van der Waals surface area contributed by atoms with Crippen molar-refractivity contribution < 1.29 is 28.6 Å². The van der Waals surface area contributed by atoms with Gasteiger partial charge in [-0.2, -0.15) is 0 Å². The maximum absolute atomic E-state index is 12.8. The van der Waals surface area contributed by atoms with Gasteiger partial charge in [-0.05, 0) is 83.5 Å². The second kappa shape index (κ2) is 52.7. The molecule has 0 aliphatic rings. The molecule has 0 rings (SSSR count). The summed E-state index contributed by atoms with van der Waals surface area (Å²) in [4.78, 5) is 38.0. The highest BCUT2D eigenvalue weighted by atomic mass is 16.6. The van der Waals surface area contributed by atoms with Crippen LogP contribution >= 0.6 is 0 Å². The Morgan fingerprint density at radius 1 is 0.328 bits per heavy atom. The molecule has 0 aromatic carbocycles. The fourth-order valence-corrected chi connectivity index (χ4v) is 7.66. The van der Waals surface area contributed by atoms with Crippen LogP contribution in [0.15, 0.2) is 60.8 Å². The number of hydrogen-bond acceptors (Lipinski definition) is 6. The first-order chi connectivity index (χ1) is 31.5. The maximum atomic E-state index is 12.8. The number of allylic oxidation sites excluding steroid dienone is 10. The Bertz CT molecular complexity index is 1170. The van der Waals surface area contributed by atoms with Crippen molar-refractivity contribution in [2.75, 3.05) is 13.2 Å². The van der Waals surface area contributed by atoms with Crippen LogP contribution in [0.5, 0.6) is 0 Å². The molecule has 6 nitrogen and oxygen atoms in total. The van der Waals surface area contributed by atoms with Gasteiger partial charge in [0.1, 0.15) is 13.2 Å². The lowest BCUT2D eigenvalue weighted by Crippen LogP contribution is -2.30. The highest BCUT2D eigenvalue weighted by Gasteiger charge is 2.19. The predicted octanol–water partition coefficient (Wildman–Crippen LogP) is 18.0. The van der Waals surface area contributed by atoms with Gasteiger partial charge in [0, 0.05) is 19.3 Å². The minimum absolute atomic E-state index is 0.0886. The first kappa shape index (κ1) is 61.1. The largest absolute Gasteiger partial charge is 0.462 e. The Hall–Kier alpha value is -2.89. The third-order valence-corrected chi connectivity index (χ3v) is 11.8. The van der Waals surface area contributed by atoms with E-state index in [2.05, 4.69) is 81.5 Å². The third-order valence-electron chi connectivity index (χ3n) is 11.8. The van der Waals surface area contributed by atoms with Crippen LogP contribution in [0.25, 0.3) is 0 Å². The minimum atomic E-state index is -0.790. The van der Waals surface area contributed by atoms with Gasteiger partial charge in [-0.15, -0.1) is 0 Å². The summed E-state index contributed by atoms with van der Waals surface area (Å²) in [5, 5.41) is 0. The molecule has 0 aliphatic carbocycles. The standard InChI is InChI=1S/C58H102O6/c1-4-7-10-13-16-19-22-25-27-29-31-33-36-39-42-45-48-51-57(60)63-54-55(53-62-56(59)50-47-44-41-38-35-24-21-18-15-12-9-6-3)64-58(61)52-49-46-43-40-37-34-32-30-28-26-23-20-17-14-11-8-5-2/h9,12,16,18-19,21,25,27,35,38,55H,4-8,10-11,13-15,17,20,22-24,26,28-34,36-37,39-54H2,1-3H3/b12-9-,19-16-,21-18-,27-25-,38-35-. The number of esters is 3. The third kappa shape index (κ3) is 50.1. The number of carbonyl (C=O) groups excluding carboxylic acids is 3. The zero-order chi connectivity index (χ0) is 46.5. The van der Waals surface area contributed by atoms with E-state index >= 15 is 0 Å². The molecule has 0 aromatic heterocycles. The number of rotatable bonds is 49. The summed E-state index contributed by atoms with van der Waals surface area (Å²) in [6.45, 7) is 6.48. The van der Waals surface area contributed by atoms with Gasteiger partial charge in [-0.3, -0.25) is 14.4 Å². The Labute approximate surface area is 396 Å². The van der Waals surface area contributed by atoms with E-state index in [4.69, 9.17) is 14.2 Å². The minimum Gasteiger partial charge on any atom is -0.462 e. The topological polar surface area (TPSA) is 78.9 Å². The van der Waals surface area contributed by atoms with Gasteiger partial charge in [-0.1, -0.05) is 229 Å². The number of hydrogen-bond donors (Lipinski definition) is 0. The molecule has 0 saturated carbocycles. The predicted molar refractivity (Wildman–Crippen MR) is 275 cm³/mol. The molecule has 0 bridgehead atoms. The first-order valence-electron chi connectivity index (χ1n) is 27.3. The highest BCUT2D eigenvalue weighted by molar-refractivity contribution is 5.71. The van der Waals surface area contributed by atoms with E-state index in [0.717, 1.165) is 89.9 Å². The lowest BCUT2D eigenvalue weighted by molar-refractivity contribution is -0.167. The molecule has 0 fully saturated rings. The van der Waals surface area contributed by atoms with Crippen molar-refractivity contribution in [1.82, 2.24) is 0 Å². The van der Waals surface area contributed by atoms with Crippen LogP contribution in [0.3, 0.4) is 0 Å². The second-order valence-electron chi connectivity index (χ2n) is 18.1.